The predicted octanol–water partition coefficient (Wildman–Crippen LogP) is 6.45. The van der Waals surface area contributed by atoms with Crippen LogP contribution in [0, 0.1) is 10.1 Å². The van der Waals surface area contributed by atoms with E-state index in [2.05, 4.69) is 6.92 Å². The van der Waals surface area contributed by atoms with Crippen molar-refractivity contribution in [1.82, 2.24) is 0 Å². The number of unbranched alkanes of at least 4 members (excludes halogenated alkanes) is 10. The third-order valence-corrected chi connectivity index (χ3v) is 7.78. The van der Waals surface area contributed by atoms with Crippen LogP contribution in [0.1, 0.15) is 77.6 Å². The molecule has 0 saturated heterocycles. The lowest BCUT2D eigenvalue weighted by Gasteiger charge is -2.09. The van der Waals surface area contributed by atoms with Gasteiger partial charge in [0.05, 0.1) is 130 Å². The van der Waals surface area contributed by atoms with Gasteiger partial charge in [0.2, 0.25) is 0 Å². The second-order valence-corrected chi connectivity index (χ2v) is 12.3. The number of hydrogen-bond donors (Lipinski definition) is 0. The fourth-order valence-corrected chi connectivity index (χ4v) is 4.83. The molecule has 0 aliphatic heterocycles. The standard InChI is InChI=1S/C39H71NO13/c1-2-3-4-5-6-7-8-9-10-11-12-17-43-18-19-44-20-21-45-22-23-46-24-25-47-26-27-48-28-29-49-30-31-50-32-33-51-34-35-52-36-37-53-39-15-13-38(14-16-39)40(41)42/h13-16H,2-12,17-37H2,1H3. The molecule has 0 radical (unpaired) electrons. The normalized spacial score (nSPS) is 11.4. The van der Waals surface area contributed by atoms with Crippen molar-refractivity contribution in [2.24, 2.45) is 0 Å². The second kappa shape index (κ2) is 41.2. The molecule has 0 unspecified atom stereocenters. The van der Waals surface area contributed by atoms with Crippen molar-refractivity contribution < 1.29 is 57.0 Å². The Bertz CT molecular complexity index is 881. The maximum atomic E-state index is 10.6. The number of non-ortho nitro benzene ring substituents is 1. The zero-order chi connectivity index (χ0) is 38.0. The Kier molecular flexibility index (Phi) is 38.1. The number of nitro groups is 1. The molecule has 0 heterocycles. The van der Waals surface area contributed by atoms with E-state index in [1.165, 1.54) is 76.3 Å². The molecule has 1 rings (SSSR count). The van der Waals surface area contributed by atoms with Gasteiger partial charge in [0.25, 0.3) is 5.69 Å². The lowest BCUT2D eigenvalue weighted by atomic mass is 10.1. The Hall–Kier alpha value is -1.98. The Morgan fingerprint density at radius 2 is 0.642 bits per heavy atom. The van der Waals surface area contributed by atoms with E-state index in [4.69, 9.17) is 52.1 Å². The Morgan fingerprint density at radius 3 is 0.943 bits per heavy atom. The number of ether oxygens (including phenoxy) is 11. The van der Waals surface area contributed by atoms with Crippen LogP contribution in [0.25, 0.3) is 0 Å². The van der Waals surface area contributed by atoms with E-state index in [-0.39, 0.29) is 5.69 Å². The summed E-state index contributed by atoms with van der Waals surface area (Å²) in [6.45, 7) is 13.1. The summed E-state index contributed by atoms with van der Waals surface area (Å²) < 4.78 is 60.6. The SMILES string of the molecule is CCCCCCCCCCCCCOCCOCCOCCOCCOCCOCCOCCOCCOCCOCCOc1ccc([N+](=O)[O-])cc1. The van der Waals surface area contributed by atoms with Crippen molar-refractivity contribution in [2.75, 3.05) is 139 Å². The van der Waals surface area contributed by atoms with Gasteiger partial charge in [-0.3, -0.25) is 10.1 Å². The minimum absolute atomic E-state index is 0.0280. The van der Waals surface area contributed by atoms with Gasteiger partial charge in [-0.15, -0.1) is 0 Å². The van der Waals surface area contributed by atoms with Crippen molar-refractivity contribution in [1.29, 1.82) is 0 Å². The fraction of sp³-hybridized carbons (Fsp3) is 0.846. The van der Waals surface area contributed by atoms with Gasteiger partial charge in [0, 0.05) is 18.7 Å². The van der Waals surface area contributed by atoms with Crippen LogP contribution in [0.3, 0.4) is 0 Å². The molecule has 0 bridgehead atoms. The monoisotopic (exact) mass is 761 g/mol. The van der Waals surface area contributed by atoms with Gasteiger partial charge in [-0.2, -0.15) is 0 Å². The Balaban J connectivity index is 1.63. The summed E-state index contributed by atoms with van der Waals surface area (Å²) >= 11 is 0. The Morgan fingerprint density at radius 1 is 0.377 bits per heavy atom. The molecule has 0 amide bonds. The van der Waals surface area contributed by atoms with Gasteiger partial charge < -0.3 is 52.1 Å². The maximum Gasteiger partial charge on any atom is 0.269 e. The van der Waals surface area contributed by atoms with Crippen LogP contribution in [0.15, 0.2) is 24.3 Å². The molecule has 0 N–H and O–H groups in total. The predicted molar refractivity (Wildman–Crippen MR) is 203 cm³/mol. The van der Waals surface area contributed by atoms with Crippen LogP contribution in [0.2, 0.25) is 0 Å². The van der Waals surface area contributed by atoms with Crippen LogP contribution >= 0.6 is 0 Å². The van der Waals surface area contributed by atoms with Crippen LogP contribution < -0.4 is 4.74 Å². The first-order valence-corrected chi connectivity index (χ1v) is 19.9. The summed E-state index contributed by atoms with van der Waals surface area (Å²) in [6, 6.07) is 5.92. The van der Waals surface area contributed by atoms with Gasteiger partial charge in [-0.05, 0) is 18.6 Å². The Labute approximate surface area is 318 Å². The maximum absolute atomic E-state index is 10.6. The quantitative estimate of drug-likeness (QED) is 0.0409. The van der Waals surface area contributed by atoms with Crippen LogP contribution in [0.4, 0.5) is 5.69 Å². The summed E-state index contributed by atoms with van der Waals surface area (Å²) in [7, 11) is 0. The molecule has 14 heteroatoms. The zero-order valence-electron chi connectivity index (χ0n) is 32.7. The molecular formula is C39H71NO13. The molecule has 0 atom stereocenters. The number of hydrogen-bond acceptors (Lipinski definition) is 13. The van der Waals surface area contributed by atoms with E-state index in [0.717, 1.165) is 13.0 Å². The van der Waals surface area contributed by atoms with Crippen LogP contribution in [-0.2, 0) is 47.4 Å². The van der Waals surface area contributed by atoms with E-state index < -0.39 is 4.92 Å². The highest BCUT2D eigenvalue weighted by molar-refractivity contribution is 5.35. The van der Waals surface area contributed by atoms with Crippen molar-refractivity contribution in [3.63, 3.8) is 0 Å². The zero-order valence-corrected chi connectivity index (χ0v) is 32.7. The molecule has 0 spiro atoms. The topological polar surface area (TPSA) is 145 Å². The molecule has 310 valence electrons. The van der Waals surface area contributed by atoms with E-state index >= 15 is 0 Å². The fourth-order valence-electron chi connectivity index (χ4n) is 4.83. The molecule has 53 heavy (non-hydrogen) atoms. The first kappa shape index (κ1) is 49.0. The molecule has 0 fully saturated rings. The van der Waals surface area contributed by atoms with Crippen LogP contribution in [0.5, 0.6) is 5.75 Å². The van der Waals surface area contributed by atoms with Gasteiger partial charge >= 0.3 is 0 Å². The highest BCUT2D eigenvalue weighted by Gasteiger charge is 2.04. The number of nitrogens with zero attached hydrogens (tertiary/aromatic N) is 1. The highest BCUT2D eigenvalue weighted by atomic mass is 16.6. The lowest BCUT2D eigenvalue weighted by Crippen LogP contribution is -2.15. The third-order valence-electron chi connectivity index (χ3n) is 7.78. The largest absolute Gasteiger partial charge is 0.491 e. The van der Waals surface area contributed by atoms with E-state index in [0.29, 0.717) is 138 Å². The van der Waals surface area contributed by atoms with Gasteiger partial charge in [0.1, 0.15) is 12.4 Å². The number of rotatable bonds is 44. The summed E-state index contributed by atoms with van der Waals surface area (Å²) in [4.78, 5) is 10.2. The average molecular weight is 762 g/mol. The lowest BCUT2D eigenvalue weighted by molar-refractivity contribution is -0.384. The minimum Gasteiger partial charge on any atom is -0.491 e. The van der Waals surface area contributed by atoms with Gasteiger partial charge in [-0.25, -0.2) is 0 Å². The van der Waals surface area contributed by atoms with E-state index in [1.54, 1.807) is 12.1 Å². The third kappa shape index (κ3) is 36.8. The van der Waals surface area contributed by atoms with Gasteiger partial charge in [-0.1, -0.05) is 71.1 Å². The molecule has 0 aliphatic rings. The highest BCUT2D eigenvalue weighted by Crippen LogP contribution is 2.17. The van der Waals surface area contributed by atoms with Crippen molar-refractivity contribution in [3.8, 4) is 5.75 Å². The van der Waals surface area contributed by atoms with Crippen molar-refractivity contribution in [3.05, 3.63) is 34.4 Å². The number of nitro benzene ring substituents is 1. The average Bonchev–Trinajstić information content (AvgIpc) is 3.17. The molecule has 1 aromatic carbocycles. The molecule has 0 saturated carbocycles. The molecule has 14 nitrogen and oxygen atoms in total. The second-order valence-electron chi connectivity index (χ2n) is 12.3. The van der Waals surface area contributed by atoms with Crippen LogP contribution in [-0.4, -0.2) is 144 Å². The first-order chi connectivity index (χ1) is 26.2. The van der Waals surface area contributed by atoms with E-state index in [9.17, 15) is 10.1 Å². The molecule has 1 aromatic rings. The smallest absolute Gasteiger partial charge is 0.269 e. The van der Waals surface area contributed by atoms with E-state index in [1.807, 2.05) is 0 Å². The number of benzene rings is 1. The summed E-state index contributed by atoms with van der Waals surface area (Å²) in [5.74, 6) is 0.559. The molecular weight excluding hydrogens is 690 g/mol. The first-order valence-electron chi connectivity index (χ1n) is 19.9. The van der Waals surface area contributed by atoms with Crippen molar-refractivity contribution >= 4 is 5.69 Å². The summed E-state index contributed by atoms with van der Waals surface area (Å²) in [5, 5.41) is 10.6. The summed E-state index contributed by atoms with van der Waals surface area (Å²) in [5.41, 5.74) is 0.0280. The minimum atomic E-state index is -0.449. The molecule has 0 aliphatic carbocycles. The summed E-state index contributed by atoms with van der Waals surface area (Å²) in [6.07, 6.45) is 14.8. The molecule has 0 aromatic heterocycles. The van der Waals surface area contributed by atoms with Gasteiger partial charge in [0.15, 0.2) is 0 Å². The van der Waals surface area contributed by atoms with Crippen molar-refractivity contribution in [2.45, 2.75) is 77.6 Å².